The average molecular weight is 275 g/mol. The second-order valence-corrected chi connectivity index (χ2v) is 4.13. The molecule has 7 heteroatoms. The number of carbonyl (C=O) groups is 1. The topological polar surface area (TPSA) is 60.5 Å². The lowest BCUT2D eigenvalue weighted by atomic mass is 10.2. The number of hydrogen-bond acceptors (Lipinski definition) is 4. The molecule has 0 aliphatic carbocycles. The van der Waals surface area contributed by atoms with Crippen LogP contribution >= 0.6 is 11.6 Å². The van der Waals surface area contributed by atoms with Crippen molar-refractivity contribution in [3.63, 3.8) is 0 Å². The average Bonchev–Trinajstić information content (AvgIpc) is 2.40. The zero-order valence-electron chi connectivity index (χ0n) is 9.49. The van der Waals surface area contributed by atoms with Crippen molar-refractivity contribution >= 4 is 17.5 Å². The van der Waals surface area contributed by atoms with Crippen LogP contribution in [0.2, 0.25) is 5.15 Å². The first-order chi connectivity index (χ1) is 8.66. The van der Waals surface area contributed by atoms with Gasteiger partial charge in [0.25, 0.3) is 5.91 Å². The Balaban J connectivity index is 1.92. The molecule has 1 saturated heterocycles. The van der Waals surface area contributed by atoms with E-state index in [-0.39, 0.29) is 23.4 Å². The standard InChI is InChI=1S/C11H12ClFN2O3/c12-10-9(3-7(13)4-14-10)11(16)15-5-8-6-17-1-2-18-8/h3-4,8H,1-2,5-6H2,(H,15,16). The quantitative estimate of drug-likeness (QED) is 0.836. The van der Waals surface area contributed by atoms with Crippen molar-refractivity contribution in [3.05, 3.63) is 28.8 Å². The Labute approximate surface area is 108 Å². The molecule has 1 N–H and O–H groups in total. The third-order valence-corrected chi connectivity index (χ3v) is 2.73. The van der Waals surface area contributed by atoms with Crippen LogP contribution in [0.15, 0.2) is 12.3 Å². The Morgan fingerprint density at radius 3 is 3.17 bits per heavy atom. The molecule has 2 heterocycles. The van der Waals surface area contributed by atoms with Gasteiger partial charge in [-0.15, -0.1) is 0 Å². The molecule has 0 saturated carbocycles. The van der Waals surface area contributed by atoms with Gasteiger partial charge in [-0.25, -0.2) is 9.37 Å². The Kier molecular flexibility index (Phi) is 4.46. The van der Waals surface area contributed by atoms with Crippen molar-refractivity contribution < 1.29 is 18.7 Å². The summed E-state index contributed by atoms with van der Waals surface area (Å²) in [6, 6.07) is 1.04. The van der Waals surface area contributed by atoms with Gasteiger partial charge in [-0.1, -0.05) is 11.6 Å². The normalized spacial score (nSPS) is 19.6. The molecule has 1 aliphatic rings. The zero-order chi connectivity index (χ0) is 13.0. The van der Waals surface area contributed by atoms with Crippen molar-refractivity contribution in [3.8, 4) is 0 Å². The number of halogens is 2. The van der Waals surface area contributed by atoms with E-state index in [1.165, 1.54) is 0 Å². The van der Waals surface area contributed by atoms with E-state index < -0.39 is 11.7 Å². The van der Waals surface area contributed by atoms with E-state index in [0.29, 0.717) is 19.8 Å². The summed E-state index contributed by atoms with van der Waals surface area (Å²) in [5.41, 5.74) is 0.00777. The first-order valence-electron chi connectivity index (χ1n) is 5.45. The minimum absolute atomic E-state index is 0.00777. The predicted octanol–water partition coefficient (Wildman–Crippen LogP) is 1.02. The van der Waals surface area contributed by atoms with Crippen LogP contribution < -0.4 is 5.32 Å². The van der Waals surface area contributed by atoms with Crippen molar-refractivity contribution in [2.75, 3.05) is 26.4 Å². The second kappa shape index (κ2) is 6.08. The lowest BCUT2D eigenvalue weighted by Gasteiger charge is -2.23. The van der Waals surface area contributed by atoms with Gasteiger partial charge < -0.3 is 14.8 Å². The van der Waals surface area contributed by atoms with E-state index in [2.05, 4.69) is 10.3 Å². The maximum absolute atomic E-state index is 13.0. The molecule has 1 aliphatic heterocycles. The number of nitrogens with one attached hydrogen (secondary N) is 1. The van der Waals surface area contributed by atoms with Crippen LogP contribution in [-0.2, 0) is 9.47 Å². The van der Waals surface area contributed by atoms with E-state index in [4.69, 9.17) is 21.1 Å². The molecule has 1 atom stereocenters. The molecule has 98 valence electrons. The molecule has 1 unspecified atom stereocenters. The highest BCUT2D eigenvalue weighted by Crippen LogP contribution is 2.13. The fourth-order valence-electron chi connectivity index (χ4n) is 1.54. The fourth-order valence-corrected chi connectivity index (χ4v) is 1.73. The summed E-state index contributed by atoms with van der Waals surface area (Å²) in [5.74, 6) is -1.09. The van der Waals surface area contributed by atoms with Crippen LogP contribution in [-0.4, -0.2) is 43.4 Å². The van der Waals surface area contributed by atoms with E-state index in [1.54, 1.807) is 0 Å². The van der Waals surface area contributed by atoms with Gasteiger partial charge in [0.05, 0.1) is 37.7 Å². The predicted molar refractivity (Wildman–Crippen MR) is 62.1 cm³/mol. The summed E-state index contributed by atoms with van der Waals surface area (Å²) in [4.78, 5) is 15.3. The summed E-state index contributed by atoms with van der Waals surface area (Å²) in [6.45, 7) is 1.77. The summed E-state index contributed by atoms with van der Waals surface area (Å²) in [6.07, 6.45) is 0.764. The van der Waals surface area contributed by atoms with Crippen molar-refractivity contribution in [2.24, 2.45) is 0 Å². The van der Waals surface area contributed by atoms with E-state index in [1.807, 2.05) is 0 Å². The van der Waals surface area contributed by atoms with Crippen LogP contribution in [0.25, 0.3) is 0 Å². The molecule has 1 aromatic heterocycles. The van der Waals surface area contributed by atoms with Crippen LogP contribution in [0, 0.1) is 5.82 Å². The molecule has 18 heavy (non-hydrogen) atoms. The highest BCUT2D eigenvalue weighted by atomic mass is 35.5. The van der Waals surface area contributed by atoms with Gasteiger partial charge in [0.2, 0.25) is 0 Å². The maximum Gasteiger partial charge on any atom is 0.254 e. The smallest absolute Gasteiger partial charge is 0.254 e. The minimum atomic E-state index is -0.609. The van der Waals surface area contributed by atoms with E-state index in [9.17, 15) is 9.18 Å². The molecular formula is C11H12ClFN2O3. The molecule has 1 amide bonds. The third kappa shape index (κ3) is 3.38. The molecule has 0 aromatic carbocycles. The molecule has 0 radical (unpaired) electrons. The number of aromatic nitrogens is 1. The number of nitrogens with zero attached hydrogens (tertiary/aromatic N) is 1. The summed E-state index contributed by atoms with van der Waals surface area (Å²) >= 11 is 5.72. The number of rotatable bonds is 3. The van der Waals surface area contributed by atoms with E-state index in [0.717, 1.165) is 12.3 Å². The molecule has 1 fully saturated rings. The van der Waals surface area contributed by atoms with Crippen LogP contribution in [0.3, 0.4) is 0 Å². The largest absolute Gasteiger partial charge is 0.376 e. The van der Waals surface area contributed by atoms with Crippen LogP contribution in [0.5, 0.6) is 0 Å². The summed E-state index contributed by atoms with van der Waals surface area (Å²) in [5, 5.41) is 2.57. The lowest BCUT2D eigenvalue weighted by molar-refractivity contribution is -0.0855. The maximum atomic E-state index is 13.0. The van der Waals surface area contributed by atoms with E-state index >= 15 is 0 Å². The number of ether oxygens (including phenoxy) is 2. The summed E-state index contributed by atoms with van der Waals surface area (Å²) in [7, 11) is 0. The van der Waals surface area contributed by atoms with Crippen molar-refractivity contribution in [1.82, 2.24) is 10.3 Å². The van der Waals surface area contributed by atoms with Gasteiger partial charge in [0.15, 0.2) is 0 Å². The Bertz CT molecular complexity index is 438. The first-order valence-corrected chi connectivity index (χ1v) is 5.83. The Morgan fingerprint density at radius 1 is 1.61 bits per heavy atom. The molecule has 5 nitrogen and oxygen atoms in total. The van der Waals surface area contributed by atoms with Gasteiger partial charge in [-0.05, 0) is 6.07 Å². The summed E-state index contributed by atoms with van der Waals surface area (Å²) < 4.78 is 23.5. The molecule has 2 rings (SSSR count). The second-order valence-electron chi connectivity index (χ2n) is 3.77. The minimum Gasteiger partial charge on any atom is -0.376 e. The van der Waals surface area contributed by atoms with Crippen molar-refractivity contribution in [2.45, 2.75) is 6.10 Å². The van der Waals surface area contributed by atoms with Gasteiger partial charge in [0.1, 0.15) is 11.0 Å². The third-order valence-electron chi connectivity index (χ3n) is 2.43. The lowest BCUT2D eigenvalue weighted by Crippen LogP contribution is -2.39. The highest BCUT2D eigenvalue weighted by Gasteiger charge is 2.17. The number of amides is 1. The fraction of sp³-hybridized carbons (Fsp3) is 0.455. The van der Waals surface area contributed by atoms with Gasteiger partial charge >= 0.3 is 0 Å². The molecule has 1 aromatic rings. The monoisotopic (exact) mass is 274 g/mol. The zero-order valence-corrected chi connectivity index (χ0v) is 10.2. The molecule has 0 spiro atoms. The molecular weight excluding hydrogens is 263 g/mol. The Morgan fingerprint density at radius 2 is 2.44 bits per heavy atom. The number of pyridine rings is 1. The molecule has 0 bridgehead atoms. The highest BCUT2D eigenvalue weighted by molar-refractivity contribution is 6.32. The van der Waals surface area contributed by atoms with Crippen LogP contribution in [0.4, 0.5) is 4.39 Å². The number of carbonyl (C=O) groups excluding carboxylic acids is 1. The number of hydrogen-bond donors (Lipinski definition) is 1. The van der Waals surface area contributed by atoms with Crippen LogP contribution in [0.1, 0.15) is 10.4 Å². The van der Waals surface area contributed by atoms with Gasteiger partial charge in [-0.2, -0.15) is 0 Å². The Hall–Kier alpha value is -1.24. The van der Waals surface area contributed by atoms with Gasteiger partial charge in [0, 0.05) is 6.54 Å². The van der Waals surface area contributed by atoms with Gasteiger partial charge in [-0.3, -0.25) is 4.79 Å². The SMILES string of the molecule is O=C(NCC1COCCO1)c1cc(F)cnc1Cl. The van der Waals surface area contributed by atoms with Crippen molar-refractivity contribution in [1.29, 1.82) is 0 Å². The first kappa shape index (κ1) is 13.2.